The fourth-order valence-electron chi connectivity index (χ4n) is 3.63. The van der Waals surface area contributed by atoms with Crippen molar-refractivity contribution in [2.24, 2.45) is 5.73 Å². The summed E-state index contributed by atoms with van der Waals surface area (Å²) < 4.78 is 39.5. The van der Waals surface area contributed by atoms with Gasteiger partial charge < -0.3 is 10.6 Å². The van der Waals surface area contributed by atoms with Crippen LogP contribution >= 0.6 is 11.6 Å². The Labute approximate surface area is 181 Å². The van der Waals surface area contributed by atoms with Gasteiger partial charge in [0.25, 0.3) is 5.91 Å². The van der Waals surface area contributed by atoms with Crippen LogP contribution in [0.5, 0.6) is 0 Å². The molecule has 2 aliphatic rings. The molecule has 0 spiro atoms. The number of nitrogens with one attached hydrogen (secondary N) is 1. The Balaban J connectivity index is 1.68. The molecule has 0 radical (unpaired) electrons. The molecular weight excluding hydrogens is 431 g/mol. The fraction of sp³-hybridized carbons (Fsp3) is 0.333. The van der Waals surface area contributed by atoms with E-state index in [0.717, 1.165) is 24.5 Å². The van der Waals surface area contributed by atoms with Gasteiger partial charge >= 0.3 is 6.18 Å². The number of halogens is 4. The Bertz CT molecular complexity index is 1100. The highest BCUT2D eigenvalue weighted by molar-refractivity contribution is 6.34. The van der Waals surface area contributed by atoms with Crippen LogP contribution in [0, 0.1) is 5.41 Å². The lowest BCUT2D eigenvalue weighted by Crippen LogP contribution is -2.38. The molecule has 1 fully saturated rings. The second-order valence-corrected chi connectivity index (χ2v) is 7.92. The molecule has 3 N–H and O–H groups in total. The number of alkyl halides is 3. The van der Waals surface area contributed by atoms with Crippen LogP contribution in [0.15, 0.2) is 30.5 Å². The molecule has 31 heavy (non-hydrogen) atoms. The number of hydrogen-bond donors (Lipinski definition) is 2. The quantitative estimate of drug-likeness (QED) is 0.688. The number of fused-ring (bicyclic) bond motifs is 1. The van der Waals surface area contributed by atoms with Gasteiger partial charge in [0, 0.05) is 18.0 Å². The van der Waals surface area contributed by atoms with Crippen molar-refractivity contribution in [3.8, 4) is 0 Å². The minimum Gasteiger partial charge on any atom is -0.405 e. The Morgan fingerprint density at radius 1 is 1.29 bits per heavy atom. The average Bonchev–Trinajstić information content (AvgIpc) is 3.57. The predicted molar refractivity (Wildman–Crippen MR) is 109 cm³/mol. The zero-order chi connectivity index (χ0) is 22.3. The Hall–Kier alpha value is -2.94. The molecule has 0 unspecified atom stereocenters. The van der Waals surface area contributed by atoms with E-state index < -0.39 is 22.7 Å². The summed E-state index contributed by atoms with van der Waals surface area (Å²) in [5, 5.41) is 7.64. The maximum Gasteiger partial charge on any atom is 0.417 e. The number of carbonyl (C=O) groups is 1. The summed E-state index contributed by atoms with van der Waals surface area (Å²) in [4.78, 5) is 23.6. The van der Waals surface area contributed by atoms with Crippen LogP contribution in [-0.4, -0.2) is 33.0 Å². The summed E-state index contributed by atoms with van der Waals surface area (Å²) in [7, 11) is 0. The SMILES string of the molecule is N=C(C=CN)c1nc(C2CC2)nc2c1CCN(C(=O)c1cccc(C(F)(F)F)c1Cl)C2. The summed E-state index contributed by atoms with van der Waals surface area (Å²) in [5.41, 5.74) is 6.18. The van der Waals surface area contributed by atoms with Crippen LogP contribution in [0.25, 0.3) is 0 Å². The Morgan fingerprint density at radius 2 is 2.03 bits per heavy atom. The van der Waals surface area contributed by atoms with Crippen LogP contribution in [0.1, 0.15) is 57.5 Å². The van der Waals surface area contributed by atoms with Crippen molar-refractivity contribution in [2.45, 2.75) is 37.9 Å². The second kappa shape index (κ2) is 7.96. The van der Waals surface area contributed by atoms with E-state index in [-0.39, 0.29) is 30.3 Å². The third kappa shape index (κ3) is 4.14. The van der Waals surface area contributed by atoms with E-state index in [9.17, 15) is 18.0 Å². The van der Waals surface area contributed by atoms with Gasteiger partial charge in [0.05, 0.1) is 39.8 Å². The zero-order valence-corrected chi connectivity index (χ0v) is 17.1. The number of rotatable bonds is 4. The molecule has 1 saturated carbocycles. The molecule has 162 valence electrons. The third-order valence-corrected chi connectivity index (χ3v) is 5.77. The van der Waals surface area contributed by atoms with Gasteiger partial charge in [0.15, 0.2) is 0 Å². The number of nitrogens with zero attached hydrogens (tertiary/aromatic N) is 3. The van der Waals surface area contributed by atoms with Gasteiger partial charge in [-0.05, 0) is 43.7 Å². The number of carbonyl (C=O) groups excluding carboxylic acids is 1. The number of hydrogen-bond acceptors (Lipinski definition) is 5. The fourth-order valence-corrected chi connectivity index (χ4v) is 3.95. The molecule has 1 amide bonds. The summed E-state index contributed by atoms with van der Waals surface area (Å²) in [6.07, 6.45) is 0.349. The van der Waals surface area contributed by atoms with Gasteiger partial charge in [-0.15, -0.1) is 0 Å². The van der Waals surface area contributed by atoms with Crippen molar-refractivity contribution in [3.63, 3.8) is 0 Å². The maximum atomic E-state index is 13.2. The van der Waals surface area contributed by atoms with Crippen LogP contribution < -0.4 is 5.73 Å². The molecule has 1 aliphatic carbocycles. The lowest BCUT2D eigenvalue weighted by Gasteiger charge is -2.30. The third-order valence-electron chi connectivity index (χ3n) is 5.36. The maximum absolute atomic E-state index is 13.2. The first-order chi connectivity index (χ1) is 14.7. The first kappa shape index (κ1) is 21.3. The molecule has 0 bridgehead atoms. The van der Waals surface area contributed by atoms with E-state index in [1.54, 1.807) is 0 Å². The van der Waals surface area contributed by atoms with Crippen molar-refractivity contribution in [1.82, 2.24) is 14.9 Å². The topological polar surface area (TPSA) is 96.0 Å². The number of aromatic nitrogens is 2. The highest BCUT2D eigenvalue weighted by atomic mass is 35.5. The minimum absolute atomic E-state index is 0.107. The van der Waals surface area contributed by atoms with Gasteiger partial charge in [-0.1, -0.05) is 17.7 Å². The molecule has 1 aromatic heterocycles. The van der Waals surface area contributed by atoms with E-state index in [0.29, 0.717) is 23.6 Å². The number of nitrogens with two attached hydrogens (primary N) is 1. The molecule has 0 atom stereocenters. The molecule has 0 saturated heterocycles. The number of amides is 1. The summed E-state index contributed by atoms with van der Waals surface area (Å²) >= 11 is 5.94. The van der Waals surface area contributed by atoms with Gasteiger partial charge in [-0.2, -0.15) is 13.2 Å². The molecule has 1 aliphatic heterocycles. The van der Waals surface area contributed by atoms with E-state index >= 15 is 0 Å². The van der Waals surface area contributed by atoms with E-state index in [1.807, 2.05) is 0 Å². The normalized spacial score (nSPS) is 16.5. The lowest BCUT2D eigenvalue weighted by molar-refractivity contribution is -0.137. The van der Waals surface area contributed by atoms with Crippen LogP contribution in [0.3, 0.4) is 0 Å². The average molecular weight is 450 g/mol. The van der Waals surface area contributed by atoms with E-state index in [4.69, 9.17) is 22.7 Å². The van der Waals surface area contributed by atoms with Gasteiger partial charge in [-0.25, -0.2) is 9.97 Å². The highest BCUT2D eigenvalue weighted by Gasteiger charge is 2.36. The van der Waals surface area contributed by atoms with Crippen LogP contribution in [0.4, 0.5) is 13.2 Å². The number of benzene rings is 1. The van der Waals surface area contributed by atoms with E-state index in [1.165, 1.54) is 29.3 Å². The Morgan fingerprint density at radius 3 is 2.68 bits per heavy atom. The van der Waals surface area contributed by atoms with Crippen LogP contribution in [-0.2, 0) is 19.1 Å². The standard InChI is InChI=1S/C21H19ClF3N5O/c22-17-13(2-1-3-14(17)21(23,24)25)20(31)30-9-7-12-16(10-30)28-19(11-4-5-11)29-18(12)15(27)6-8-26/h1-3,6,8,11,27H,4-5,7,9-10,26H2. The summed E-state index contributed by atoms with van der Waals surface area (Å²) in [6.45, 7) is 0.354. The molecule has 2 heterocycles. The van der Waals surface area contributed by atoms with Gasteiger partial charge in [0.1, 0.15) is 5.82 Å². The summed E-state index contributed by atoms with van der Waals surface area (Å²) in [5.74, 6) is 0.254. The van der Waals surface area contributed by atoms with Crippen molar-refractivity contribution < 1.29 is 18.0 Å². The number of allylic oxidation sites excluding steroid dienone is 1. The zero-order valence-electron chi connectivity index (χ0n) is 16.3. The molecule has 2 aromatic rings. The molecule has 6 nitrogen and oxygen atoms in total. The minimum atomic E-state index is -4.65. The van der Waals surface area contributed by atoms with Gasteiger partial charge in [0.2, 0.25) is 0 Å². The Kier molecular flexibility index (Phi) is 5.47. The summed E-state index contributed by atoms with van der Waals surface area (Å²) in [6, 6.07) is 3.31. The smallest absolute Gasteiger partial charge is 0.405 e. The molecule has 4 rings (SSSR count). The molecule has 1 aromatic carbocycles. The highest BCUT2D eigenvalue weighted by Crippen LogP contribution is 2.39. The van der Waals surface area contributed by atoms with E-state index in [2.05, 4.69) is 9.97 Å². The van der Waals surface area contributed by atoms with Crippen molar-refractivity contribution in [1.29, 1.82) is 5.41 Å². The molecule has 10 heteroatoms. The lowest BCUT2D eigenvalue weighted by atomic mass is 9.98. The monoisotopic (exact) mass is 449 g/mol. The van der Waals surface area contributed by atoms with Crippen LogP contribution in [0.2, 0.25) is 5.02 Å². The largest absolute Gasteiger partial charge is 0.417 e. The van der Waals surface area contributed by atoms with Gasteiger partial charge in [-0.3, -0.25) is 10.2 Å². The van der Waals surface area contributed by atoms with Crippen molar-refractivity contribution in [3.05, 3.63) is 69.4 Å². The first-order valence-corrected chi connectivity index (χ1v) is 10.1. The first-order valence-electron chi connectivity index (χ1n) is 9.72. The van der Waals surface area contributed by atoms with Crippen molar-refractivity contribution in [2.75, 3.05) is 6.54 Å². The second-order valence-electron chi connectivity index (χ2n) is 7.54. The predicted octanol–water partition coefficient (Wildman–Crippen LogP) is 4.06. The van der Waals surface area contributed by atoms with Crippen molar-refractivity contribution >= 4 is 23.2 Å². The molecular formula is C21H19ClF3N5O.